The zero-order valence-corrected chi connectivity index (χ0v) is 21.0. The summed E-state index contributed by atoms with van der Waals surface area (Å²) in [6.07, 6.45) is 1.19. The number of aryl methyl sites for hydroxylation is 1. The average Bonchev–Trinajstić information content (AvgIpc) is 2.88. The van der Waals surface area contributed by atoms with Crippen molar-refractivity contribution in [3.8, 4) is 0 Å². The van der Waals surface area contributed by atoms with Gasteiger partial charge in [-0.25, -0.2) is 8.93 Å². The maximum absolute atomic E-state index is 13.6. The SMILES string of the molecule is Cc1ccc([S@](=O)N[C@@H](c2ccc3ccccc3c2)C2(c3ccccc3)SCCCS2)cc1. The molecule has 33 heavy (non-hydrogen) atoms. The molecule has 0 spiro atoms. The van der Waals surface area contributed by atoms with E-state index in [0.717, 1.165) is 16.4 Å². The summed E-state index contributed by atoms with van der Waals surface area (Å²) in [7, 11) is -1.33. The lowest BCUT2D eigenvalue weighted by Gasteiger charge is -2.43. The van der Waals surface area contributed by atoms with E-state index < -0.39 is 11.0 Å². The fraction of sp³-hybridized carbons (Fsp3) is 0.214. The summed E-state index contributed by atoms with van der Waals surface area (Å²) in [6, 6.07) is 33.7. The largest absolute Gasteiger partial charge is 0.237 e. The van der Waals surface area contributed by atoms with Gasteiger partial charge in [-0.3, -0.25) is 0 Å². The van der Waals surface area contributed by atoms with E-state index in [1.54, 1.807) is 0 Å². The Morgan fingerprint density at radius 1 is 0.818 bits per heavy atom. The highest BCUT2D eigenvalue weighted by Gasteiger charge is 2.45. The molecule has 1 aliphatic rings. The smallest absolute Gasteiger partial charge is 0.125 e. The Morgan fingerprint density at radius 3 is 2.21 bits per heavy atom. The standard InChI is InChI=1S/C28H27NOS3/c1-21-12-16-26(17-13-21)33(30)29-27(24-15-14-22-8-5-6-9-23(22)20-24)28(31-18-7-19-32-28)25-10-3-2-4-11-25/h2-6,8-17,20,27,29H,7,18-19H2,1H3/t27-,33-/m0/s1. The van der Waals surface area contributed by atoms with Crippen LogP contribution in [-0.4, -0.2) is 15.7 Å². The van der Waals surface area contributed by atoms with Crippen LogP contribution >= 0.6 is 23.5 Å². The highest BCUT2D eigenvalue weighted by atomic mass is 32.2. The maximum Gasteiger partial charge on any atom is 0.125 e. The predicted molar refractivity (Wildman–Crippen MR) is 145 cm³/mol. The van der Waals surface area contributed by atoms with Crippen LogP contribution in [0, 0.1) is 6.92 Å². The number of benzene rings is 4. The lowest BCUT2D eigenvalue weighted by Crippen LogP contribution is -2.40. The summed E-state index contributed by atoms with van der Waals surface area (Å²) < 4.78 is 16.9. The van der Waals surface area contributed by atoms with E-state index >= 15 is 0 Å². The molecular weight excluding hydrogens is 463 g/mol. The molecule has 4 aromatic rings. The first-order valence-electron chi connectivity index (χ1n) is 11.2. The van der Waals surface area contributed by atoms with Crippen LogP contribution in [0.1, 0.15) is 29.2 Å². The molecule has 1 N–H and O–H groups in total. The molecule has 1 heterocycles. The Hall–Kier alpha value is -2.05. The molecule has 0 saturated carbocycles. The van der Waals surface area contributed by atoms with Gasteiger partial charge in [-0.05, 0) is 64.9 Å². The van der Waals surface area contributed by atoms with Crippen molar-refractivity contribution < 1.29 is 4.21 Å². The van der Waals surface area contributed by atoms with E-state index in [1.165, 1.54) is 33.9 Å². The number of hydrogen-bond donors (Lipinski definition) is 1. The number of thioether (sulfide) groups is 2. The van der Waals surface area contributed by atoms with E-state index in [1.807, 2.05) is 47.8 Å². The Labute approximate surface area is 207 Å². The van der Waals surface area contributed by atoms with Crippen molar-refractivity contribution in [3.05, 3.63) is 114 Å². The molecule has 0 unspecified atom stereocenters. The van der Waals surface area contributed by atoms with Gasteiger partial charge < -0.3 is 0 Å². The highest BCUT2D eigenvalue weighted by molar-refractivity contribution is 8.18. The van der Waals surface area contributed by atoms with Gasteiger partial charge in [0.15, 0.2) is 0 Å². The summed E-state index contributed by atoms with van der Waals surface area (Å²) in [6.45, 7) is 2.05. The van der Waals surface area contributed by atoms with E-state index in [0.29, 0.717) is 0 Å². The zero-order valence-electron chi connectivity index (χ0n) is 18.6. The Morgan fingerprint density at radius 2 is 1.48 bits per heavy atom. The minimum Gasteiger partial charge on any atom is -0.237 e. The van der Waals surface area contributed by atoms with Crippen LogP contribution in [0.4, 0.5) is 0 Å². The number of rotatable bonds is 6. The lowest BCUT2D eigenvalue weighted by molar-refractivity contribution is 0.589. The van der Waals surface area contributed by atoms with Crippen molar-refractivity contribution in [2.24, 2.45) is 0 Å². The number of fused-ring (bicyclic) bond motifs is 1. The molecule has 0 aromatic heterocycles. The van der Waals surface area contributed by atoms with Crippen LogP contribution < -0.4 is 4.72 Å². The fourth-order valence-electron chi connectivity index (χ4n) is 4.31. The van der Waals surface area contributed by atoms with Crippen LogP contribution in [0.3, 0.4) is 0 Å². The van der Waals surface area contributed by atoms with Gasteiger partial charge in [0.05, 0.1) is 10.9 Å². The molecule has 168 valence electrons. The molecule has 1 saturated heterocycles. The molecule has 1 aliphatic heterocycles. The zero-order chi connectivity index (χ0) is 22.7. The van der Waals surface area contributed by atoms with E-state index in [2.05, 4.69) is 84.4 Å². The molecule has 0 aliphatic carbocycles. The molecule has 2 nitrogen and oxygen atoms in total. The van der Waals surface area contributed by atoms with Gasteiger partial charge in [0.1, 0.15) is 15.1 Å². The van der Waals surface area contributed by atoms with Crippen molar-refractivity contribution in [3.63, 3.8) is 0 Å². The van der Waals surface area contributed by atoms with E-state index in [4.69, 9.17) is 0 Å². The molecule has 0 radical (unpaired) electrons. The van der Waals surface area contributed by atoms with Gasteiger partial charge in [-0.2, -0.15) is 0 Å². The molecule has 4 aromatic carbocycles. The molecule has 5 heteroatoms. The minimum absolute atomic E-state index is 0.123. The first kappa shape index (κ1) is 22.7. The second-order valence-electron chi connectivity index (χ2n) is 8.32. The van der Waals surface area contributed by atoms with Gasteiger partial charge in [0.25, 0.3) is 0 Å². The van der Waals surface area contributed by atoms with Crippen LogP contribution in [0.25, 0.3) is 10.8 Å². The quantitative estimate of drug-likeness (QED) is 0.310. The molecule has 0 bridgehead atoms. The second-order valence-corrected chi connectivity index (χ2v) is 12.5. The lowest BCUT2D eigenvalue weighted by atomic mass is 9.96. The van der Waals surface area contributed by atoms with Crippen molar-refractivity contribution in [2.75, 3.05) is 11.5 Å². The third-order valence-electron chi connectivity index (χ3n) is 6.04. The van der Waals surface area contributed by atoms with Crippen LogP contribution in [0.2, 0.25) is 0 Å². The Kier molecular flexibility index (Phi) is 6.93. The maximum atomic E-state index is 13.6. The van der Waals surface area contributed by atoms with Crippen molar-refractivity contribution in [1.29, 1.82) is 0 Å². The number of hydrogen-bond acceptors (Lipinski definition) is 3. The van der Waals surface area contributed by atoms with Crippen molar-refractivity contribution in [1.82, 2.24) is 4.72 Å². The monoisotopic (exact) mass is 489 g/mol. The Bertz CT molecular complexity index is 1250. The van der Waals surface area contributed by atoms with Gasteiger partial charge in [-0.1, -0.05) is 84.4 Å². The van der Waals surface area contributed by atoms with Gasteiger partial charge in [-0.15, -0.1) is 23.5 Å². The summed E-state index contributed by atoms with van der Waals surface area (Å²) >= 11 is 3.96. The summed E-state index contributed by atoms with van der Waals surface area (Å²) in [5, 5.41) is 2.43. The van der Waals surface area contributed by atoms with E-state index in [-0.39, 0.29) is 10.1 Å². The molecule has 2 atom stereocenters. The molecular formula is C28H27NOS3. The van der Waals surface area contributed by atoms with Crippen molar-refractivity contribution in [2.45, 2.75) is 28.4 Å². The first-order chi connectivity index (χ1) is 16.2. The minimum atomic E-state index is -1.33. The normalized spacial score (nSPS) is 17.5. The average molecular weight is 490 g/mol. The topological polar surface area (TPSA) is 29.1 Å². The van der Waals surface area contributed by atoms with E-state index in [9.17, 15) is 4.21 Å². The van der Waals surface area contributed by atoms with Gasteiger partial charge in [0.2, 0.25) is 0 Å². The summed E-state index contributed by atoms with van der Waals surface area (Å²) in [5.41, 5.74) is 3.60. The van der Waals surface area contributed by atoms with Crippen LogP contribution in [-0.2, 0) is 15.1 Å². The van der Waals surface area contributed by atoms with Gasteiger partial charge in [0, 0.05) is 0 Å². The summed E-state index contributed by atoms with van der Waals surface area (Å²) in [5.74, 6) is 2.18. The third-order valence-corrected chi connectivity index (χ3v) is 10.7. The summed E-state index contributed by atoms with van der Waals surface area (Å²) in [4.78, 5) is 0.806. The van der Waals surface area contributed by atoms with Crippen LogP contribution in [0.15, 0.2) is 102 Å². The molecule has 0 amide bonds. The number of nitrogens with one attached hydrogen (secondary N) is 1. The molecule has 1 fully saturated rings. The Balaban J connectivity index is 1.63. The fourth-order valence-corrected chi connectivity index (χ4v) is 9.03. The van der Waals surface area contributed by atoms with Gasteiger partial charge >= 0.3 is 0 Å². The third kappa shape index (κ3) is 4.78. The first-order valence-corrected chi connectivity index (χ1v) is 14.3. The predicted octanol–water partition coefficient (Wildman–Crippen LogP) is 7.22. The second kappa shape index (κ2) is 10.1. The van der Waals surface area contributed by atoms with Crippen molar-refractivity contribution >= 4 is 45.3 Å². The highest BCUT2D eigenvalue weighted by Crippen LogP contribution is 2.57. The van der Waals surface area contributed by atoms with Crippen LogP contribution in [0.5, 0.6) is 0 Å². The molecule has 5 rings (SSSR count).